The molecule has 3 aromatic carbocycles. The van der Waals surface area contributed by atoms with E-state index >= 15 is 0 Å². The van der Waals surface area contributed by atoms with Crippen molar-refractivity contribution in [1.29, 1.82) is 5.26 Å². The summed E-state index contributed by atoms with van der Waals surface area (Å²) in [5.41, 5.74) is 0.849. The van der Waals surface area contributed by atoms with E-state index in [4.69, 9.17) is 4.74 Å². The molecule has 0 saturated heterocycles. The zero-order valence-electron chi connectivity index (χ0n) is 17.7. The smallest absolute Gasteiger partial charge is 0.323 e. The molecule has 0 aliphatic rings. The molecule has 8 heteroatoms. The molecule has 33 heavy (non-hydrogen) atoms. The average molecular weight is 477 g/mol. The number of ether oxygens (including phenoxy) is 1. The molecule has 1 atom stereocenters. The monoisotopic (exact) mass is 476 g/mol. The van der Waals surface area contributed by atoms with Crippen molar-refractivity contribution >= 4 is 38.7 Å². The van der Waals surface area contributed by atoms with Crippen LogP contribution in [0.5, 0.6) is 0 Å². The Labute approximate surface area is 196 Å². The van der Waals surface area contributed by atoms with Crippen molar-refractivity contribution in [3.63, 3.8) is 0 Å². The molecule has 166 valence electrons. The number of esters is 1. The van der Waals surface area contributed by atoms with Crippen LogP contribution in [0.15, 0.2) is 99.6 Å². The molecule has 0 fully saturated rings. The van der Waals surface area contributed by atoms with Crippen molar-refractivity contribution in [3.05, 3.63) is 90.6 Å². The van der Waals surface area contributed by atoms with Crippen LogP contribution < -0.4 is 0 Å². The Morgan fingerprint density at radius 3 is 2.24 bits per heavy atom. The molecule has 0 unspecified atom stereocenters. The minimum atomic E-state index is -4.01. The van der Waals surface area contributed by atoms with Crippen molar-refractivity contribution in [3.8, 4) is 6.07 Å². The first kappa shape index (κ1) is 22.6. The Morgan fingerprint density at radius 2 is 1.61 bits per heavy atom. The Hall–Kier alpha value is -3.54. The summed E-state index contributed by atoms with van der Waals surface area (Å²) in [6.07, 6.45) is -0.112. The Kier molecular flexibility index (Phi) is 6.54. The van der Waals surface area contributed by atoms with Crippen LogP contribution in [-0.2, 0) is 26.0 Å². The third-order valence-electron chi connectivity index (χ3n) is 5.16. The lowest BCUT2D eigenvalue weighted by Gasteiger charge is -2.15. The third kappa shape index (κ3) is 4.38. The van der Waals surface area contributed by atoms with Gasteiger partial charge in [-0.05, 0) is 30.3 Å². The van der Waals surface area contributed by atoms with E-state index in [1.165, 1.54) is 35.0 Å². The number of methoxy groups -OCH3 is 1. The van der Waals surface area contributed by atoms with E-state index in [9.17, 15) is 18.5 Å². The van der Waals surface area contributed by atoms with Gasteiger partial charge in [-0.15, -0.1) is 0 Å². The van der Waals surface area contributed by atoms with E-state index in [0.717, 1.165) is 10.3 Å². The molecule has 1 heterocycles. The average Bonchev–Trinajstić information content (AvgIpc) is 3.16. The highest BCUT2D eigenvalue weighted by molar-refractivity contribution is 7.99. The van der Waals surface area contributed by atoms with Crippen molar-refractivity contribution in [2.45, 2.75) is 21.1 Å². The van der Waals surface area contributed by atoms with Crippen LogP contribution >= 0.6 is 11.8 Å². The standard InChI is InChI=1S/C25H20N2O4S2/c1-31-25(28)18(17-26)16-23-24(32-19-10-4-2-5-11-19)21-14-8-9-15-22(21)27(23)33(29,30)20-12-6-3-7-13-20/h2-15,18H,16H2,1H3/t18-/m1/s1. The number of carbonyl (C=O) groups excluding carboxylic acids is 1. The number of nitrogens with zero attached hydrogens (tertiary/aromatic N) is 2. The van der Waals surface area contributed by atoms with Crippen molar-refractivity contribution < 1.29 is 17.9 Å². The number of rotatable bonds is 7. The first-order chi connectivity index (χ1) is 16.0. The zero-order valence-corrected chi connectivity index (χ0v) is 19.3. The molecular weight excluding hydrogens is 456 g/mol. The Balaban J connectivity index is 2.02. The fourth-order valence-corrected chi connectivity index (χ4v) is 6.37. The minimum absolute atomic E-state index is 0.112. The highest BCUT2D eigenvalue weighted by Gasteiger charge is 2.31. The van der Waals surface area contributed by atoms with Gasteiger partial charge in [0, 0.05) is 21.6 Å². The maximum atomic E-state index is 13.8. The molecule has 0 radical (unpaired) electrons. The second-order valence-electron chi connectivity index (χ2n) is 7.20. The molecule has 6 nitrogen and oxygen atoms in total. The maximum Gasteiger partial charge on any atom is 0.323 e. The summed E-state index contributed by atoms with van der Waals surface area (Å²) in [6.45, 7) is 0. The third-order valence-corrected chi connectivity index (χ3v) is 8.09. The molecule has 0 aliphatic carbocycles. The molecule has 0 bridgehead atoms. The van der Waals surface area contributed by atoms with Crippen LogP contribution in [0.2, 0.25) is 0 Å². The number of nitriles is 1. The van der Waals surface area contributed by atoms with E-state index in [1.54, 1.807) is 30.3 Å². The second kappa shape index (κ2) is 9.53. The number of aromatic nitrogens is 1. The number of carbonyl (C=O) groups is 1. The quantitative estimate of drug-likeness (QED) is 0.353. The summed E-state index contributed by atoms with van der Waals surface area (Å²) in [5, 5.41) is 10.4. The summed E-state index contributed by atoms with van der Waals surface area (Å²) in [4.78, 5) is 14.0. The molecule has 0 aliphatic heterocycles. The number of hydrogen-bond donors (Lipinski definition) is 0. The molecule has 0 saturated carbocycles. The topological polar surface area (TPSA) is 89.2 Å². The largest absolute Gasteiger partial charge is 0.468 e. The number of benzene rings is 3. The summed E-state index contributed by atoms with van der Waals surface area (Å²) >= 11 is 1.40. The van der Waals surface area contributed by atoms with Crippen LogP contribution in [0.3, 0.4) is 0 Å². The number of fused-ring (bicyclic) bond motifs is 1. The van der Waals surface area contributed by atoms with E-state index in [2.05, 4.69) is 0 Å². The van der Waals surface area contributed by atoms with Gasteiger partial charge >= 0.3 is 5.97 Å². The molecule has 0 N–H and O–H groups in total. The molecule has 0 spiro atoms. The molecule has 4 rings (SSSR count). The van der Waals surface area contributed by atoms with Crippen LogP contribution in [0.4, 0.5) is 0 Å². The lowest BCUT2D eigenvalue weighted by atomic mass is 10.1. The van der Waals surface area contributed by atoms with Gasteiger partial charge in [-0.2, -0.15) is 5.26 Å². The van der Waals surface area contributed by atoms with Crippen molar-refractivity contribution in [1.82, 2.24) is 3.97 Å². The van der Waals surface area contributed by atoms with Gasteiger partial charge in [-0.25, -0.2) is 12.4 Å². The Bertz CT molecular complexity index is 1440. The van der Waals surface area contributed by atoms with E-state index in [0.29, 0.717) is 16.1 Å². The van der Waals surface area contributed by atoms with Gasteiger partial charge in [-0.1, -0.05) is 66.4 Å². The van der Waals surface area contributed by atoms with Gasteiger partial charge in [0.25, 0.3) is 10.0 Å². The van der Waals surface area contributed by atoms with E-state index in [-0.39, 0.29) is 11.3 Å². The molecule has 0 amide bonds. The van der Waals surface area contributed by atoms with Crippen LogP contribution in [0, 0.1) is 17.2 Å². The first-order valence-electron chi connectivity index (χ1n) is 10.1. The van der Waals surface area contributed by atoms with E-state index in [1.807, 2.05) is 48.5 Å². The summed E-state index contributed by atoms with van der Waals surface area (Å²) in [7, 11) is -2.80. The molecule has 1 aromatic heterocycles. The number of hydrogen-bond acceptors (Lipinski definition) is 6. The van der Waals surface area contributed by atoms with Crippen LogP contribution in [-0.4, -0.2) is 25.5 Å². The van der Waals surface area contributed by atoms with Gasteiger partial charge in [0.15, 0.2) is 0 Å². The predicted octanol–water partition coefficient (Wildman–Crippen LogP) is 4.88. The lowest BCUT2D eigenvalue weighted by molar-refractivity contribution is -0.143. The van der Waals surface area contributed by atoms with E-state index < -0.39 is 21.9 Å². The minimum Gasteiger partial charge on any atom is -0.468 e. The second-order valence-corrected chi connectivity index (χ2v) is 10.1. The summed E-state index contributed by atoms with van der Waals surface area (Å²) < 4.78 is 33.6. The highest BCUT2D eigenvalue weighted by atomic mass is 32.2. The van der Waals surface area contributed by atoms with Gasteiger partial charge in [0.2, 0.25) is 0 Å². The molecular formula is C25H20N2O4S2. The predicted molar refractivity (Wildman–Crippen MR) is 126 cm³/mol. The maximum absolute atomic E-state index is 13.8. The van der Waals surface area contributed by atoms with Crippen LogP contribution in [0.25, 0.3) is 10.9 Å². The highest BCUT2D eigenvalue weighted by Crippen LogP contribution is 2.41. The number of para-hydroxylation sites is 1. The van der Waals surface area contributed by atoms with Crippen LogP contribution in [0.1, 0.15) is 5.69 Å². The summed E-state index contributed by atoms with van der Waals surface area (Å²) in [6, 6.07) is 26.8. The van der Waals surface area contributed by atoms with Gasteiger partial charge in [0.05, 0.1) is 29.3 Å². The van der Waals surface area contributed by atoms with Gasteiger partial charge < -0.3 is 4.74 Å². The Morgan fingerprint density at radius 1 is 1.00 bits per heavy atom. The molecule has 4 aromatic rings. The SMILES string of the molecule is COC(=O)[C@@H](C#N)Cc1c(Sc2ccccc2)c2ccccc2n1S(=O)(=O)c1ccccc1. The summed E-state index contributed by atoms with van der Waals surface area (Å²) in [5.74, 6) is -1.86. The fourth-order valence-electron chi connectivity index (χ4n) is 3.62. The van der Waals surface area contributed by atoms with Gasteiger partial charge in [0.1, 0.15) is 5.92 Å². The normalized spacial score (nSPS) is 12.2. The van der Waals surface area contributed by atoms with Gasteiger partial charge in [-0.3, -0.25) is 4.79 Å². The first-order valence-corrected chi connectivity index (χ1v) is 12.4. The lowest BCUT2D eigenvalue weighted by Crippen LogP contribution is -2.22. The van der Waals surface area contributed by atoms with Crippen molar-refractivity contribution in [2.24, 2.45) is 5.92 Å². The fraction of sp³-hybridized carbons (Fsp3) is 0.120. The van der Waals surface area contributed by atoms with Crippen molar-refractivity contribution in [2.75, 3.05) is 7.11 Å². The zero-order chi connectivity index (χ0) is 23.4.